The van der Waals surface area contributed by atoms with Crippen LogP contribution in [0.2, 0.25) is 0 Å². The molecule has 2 aromatic heterocycles. The van der Waals surface area contributed by atoms with Gasteiger partial charge in [0.2, 0.25) is 0 Å². The zero-order valence-electron chi connectivity index (χ0n) is 14.0. The van der Waals surface area contributed by atoms with E-state index in [-0.39, 0.29) is 11.7 Å². The van der Waals surface area contributed by atoms with Gasteiger partial charge >= 0.3 is 0 Å². The summed E-state index contributed by atoms with van der Waals surface area (Å²) in [4.78, 5) is 19.7. The van der Waals surface area contributed by atoms with Crippen molar-refractivity contribution in [2.75, 3.05) is 13.1 Å². The summed E-state index contributed by atoms with van der Waals surface area (Å²) in [5.74, 6) is -0.331. The number of carbonyl (C=O) groups excluding carboxylic acids is 1. The number of aromatic nitrogens is 2. The summed E-state index contributed by atoms with van der Waals surface area (Å²) >= 11 is 0. The monoisotopic (exact) mass is 337 g/mol. The first-order valence-electron chi connectivity index (χ1n) is 8.76. The normalized spacial score (nSPS) is 15.3. The minimum atomic E-state index is -0.294. The van der Waals surface area contributed by atoms with Gasteiger partial charge in [0.1, 0.15) is 11.5 Å². The molecule has 0 unspecified atom stereocenters. The Balaban J connectivity index is 1.83. The molecule has 0 bridgehead atoms. The first-order valence-corrected chi connectivity index (χ1v) is 8.76. The predicted octanol–water partition coefficient (Wildman–Crippen LogP) is 4.16. The molecule has 1 amide bonds. The van der Waals surface area contributed by atoms with Gasteiger partial charge < -0.3 is 4.90 Å². The van der Waals surface area contributed by atoms with E-state index in [0.717, 1.165) is 42.8 Å². The number of imidazole rings is 1. The van der Waals surface area contributed by atoms with Crippen LogP contribution in [-0.2, 0) is 0 Å². The maximum Gasteiger partial charge on any atom is 0.274 e. The molecule has 3 heterocycles. The van der Waals surface area contributed by atoms with Crippen molar-refractivity contribution in [1.29, 1.82) is 0 Å². The Morgan fingerprint density at radius 3 is 2.40 bits per heavy atom. The highest BCUT2D eigenvalue weighted by Gasteiger charge is 2.25. The van der Waals surface area contributed by atoms with Crippen LogP contribution in [0.5, 0.6) is 0 Å². The van der Waals surface area contributed by atoms with Gasteiger partial charge in [0.05, 0.1) is 5.69 Å². The maximum atomic E-state index is 13.3. The van der Waals surface area contributed by atoms with Crippen LogP contribution in [0.3, 0.4) is 0 Å². The van der Waals surface area contributed by atoms with Crippen molar-refractivity contribution in [3.8, 4) is 11.3 Å². The van der Waals surface area contributed by atoms with Crippen molar-refractivity contribution in [1.82, 2.24) is 14.3 Å². The Morgan fingerprint density at radius 2 is 1.68 bits per heavy atom. The molecular weight excluding hydrogens is 317 g/mol. The van der Waals surface area contributed by atoms with Gasteiger partial charge in [-0.2, -0.15) is 0 Å². The third-order valence-corrected chi connectivity index (χ3v) is 4.74. The fraction of sp³-hybridized carbons (Fsp3) is 0.300. The average molecular weight is 337 g/mol. The molecule has 0 aliphatic carbocycles. The predicted molar refractivity (Wildman–Crippen MR) is 95.0 cm³/mol. The Labute approximate surface area is 145 Å². The smallest absolute Gasteiger partial charge is 0.274 e. The first-order chi connectivity index (χ1) is 12.2. The molecule has 0 atom stereocenters. The number of rotatable bonds is 2. The average Bonchev–Trinajstić information content (AvgIpc) is 2.81. The summed E-state index contributed by atoms with van der Waals surface area (Å²) < 4.78 is 15.2. The van der Waals surface area contributed by atoms with Crippen molar-refractivity contribution in [3.05, 3.63) is 60.2 Å². The number of hydrogen-bond acceptors (Lipinski definition) is 2. The fourth-order valence-electron chi connectivity index (χ4n) is 3.45. The third kappa shape index (κ3) is 3.02. The van der Waals surface area contributed by atoms with Gasteiger partial charge in [0.15, 0.2) is 5.69 Å². The van der Waals surface area contributed by atoms with Crippen LogP contribution >= 0.6 is 0 Å². The SMILES string of the molecule is O=C(c1nc2ccccn2c1-c1ccc(F)cc1)N1CCCCCC1. The molecule has 0 spiro atoms. The summed E-state index contributed by atoms with van der Waals surface area (Å²) in [6.07, 6.45) is 6.29. The Morgan fingerprint density at radius 1 is 0.960 bits per heavy atom. The molecule has 0 N–H and O–H groups in total. The van der Waals surface area contributed by atoms with Crippen LogP contribution < -0.4 is 0 Å². The lowest BCUT2D eigenvalue weighted by atomic mass is 10.1. The van der Waals surface area contributed by atoms with Crippen LogP contribution in [0.15, 0.2) is 48.7 Å². The number of nitrogens with zero attached hydrogens (tertiary/aromatic N) is 3. The lowest BCUT2D eigenvalue weighted by Crippen LogP contribution is -2.32. The van der Waals surface area contributed by atoms with E-state index in [0.29, 0.717) is 5.69 Å². The van der Waals surface area contributed by atoms with Crippen molar-refractivity contribution in [2.45, 2.75) is 25.7 Å². The maximum absolute atomic E-state index is 13.3. The van der Waals surface area contributed by atoms with Gasteiger partial charge in [-0.1, -0.05) is 18.9 Å². The molecule has 5 heteroatoms. The van der Waals surface area contributed by atoms with Gasteiger partial charge in [-0.25, -0.2) is 9.37 Å². The minimum absolute atomic E-state index is 0.0371. The van der Waals surface area contributed by atoms with Crippen LogP contribution in [0.1, 0.15) is 36.2 Å². The van der Waals surface area contributed by atoms with E-state index < -0.39 is 0 Å². The van der Waals surface area contributed by atoms with Crippen LogP contribution in [0, 0.1) is 5.82 Å². The number of likely N-dealkylation sites (tertiary alicyclic amines) is 1. The third-order valence-electron chi connectivity index (χ3n) is 4.74. The van der Waals surface area contributed by atoms with E-state index in [9.17, 15) is 9.18 Å². The van der Waals surface area contributed by atoms with E-state index in [1.807, 2.05) is 33.7 Å². The minimum Gasteiger partial charge on any atom is -0.337 e. The second kappa shape index (κ2) is 6.67. The van der Waals surface area contributed by atoms with E-state index in [1.54, 1.807) is 12.1 Å². The summed E-state index contributed by atoms with van der Waals surface area (Å²) in [5, 5.41) is 0. The Hall–Kier alpha value is -2.69. The zero-order valence-corrected chi connectivity index (χ0v) is 14.0. The van der Waals surface area contributed by atoms with Gasteiger partial charge in [-0.15, -0.1) is 0 Å². The fourth-order valence-corrected chi connectivity index (χ4v) is 3.45. The van der Waals surface area contributed by atoms with Crippen LogP contribution in [0.25, 0.3) is 16.9 Å². The highest BCUT2D eigenvalue weighted by atomic mass is 19.1. The lowest BCUT2D eigenvalue weighted by molar-refractivity contribution is 0.0757. The summed E-state index contributed by atoms with van der Waals surface area (Å²) in [6, 6.07) is 11.9. The largest absolute Gasteiger partial charge is 0.337 e. The quantitative estimate of drug-likeness (QED) is 0.704. The number of halogens is 1. The van der Waals surface area contributed by atoms with Gasteiger partial charge in [0.25, 0.3) is 5.91 Å². The Kier molecular flexibility index (Phi) is 4.22. The number of pyridine rings is 1. The summed E-state index contributed by atoms with van der Waals surface area (Å²) in [7, 11) is 0. The number of carbonyl (C=O) groups is 1. The molecule has 1 aliphatic rings. The van der Waals surface area contributed by atoms with Crippen molar-refractivity contribution < 1.29 is 9.18 Å². The molecule has 1 fully saturated rings. The van der Waals surface area contributed by atoms with Crippen LogP contribution in [0.4, 0.5) is 4.39 Å². The van der Waals surface area contributed by atoms with Gasteiger partial charge in [-0.3, -0.25) is 9.20 Å². The summed E-state index contributed by atoms with van der Waals surface area (Å²) in [6.45, 7) is 1.55. The molecule has 3 aromatic rings. The van der Waals surface area contributed by atoms with Gasteiger partial charge in [0, 0.05) is 24.8 Å². The molecule has 1 aromatic carbocycles. The molecule has 0 radical (unpaired) electrons. The van der Waals surface area contributed by atoms with E-state index in [4.69, 9.17) is 0 Å². The number of amides is 1. The lowest BCUT2D eigenvalue weighted by Gasteiger charge is -2.19. The first kappa shape index (κ1) is 15.8. The molecular formula is C20H20FN3O. The number of fused-ring (bicyclic) bond motifs is 1. The Bertz CT molecular complexity index is 893. The van der Waals surface area contributed by atoms with Crippen molar-refractivity contribution >= 4 is 11.6 Å². The van der Waals surface area contributed by atoms with Crippen molar-refractivity contribution in [3.63, 3.8) is 0 Å². The molecule has 25 heavy (non-hydrogen) atoms. The van der Waals surface area contributed by atoms with Crippen LogP contribution in [-0.4, -0.2) is 33.3 Å². The molecule has 1 saturated heterocycles. The van der Waals surface area contributed by atoms with Gasteiger partial charge in [-0.05, 0) is 49.2 Å². The summed E-state index contributed by atoms with van der Waals surface area (Å²) in [5.41, 5.74) is 2.68. The van der Waals surface area contributed by atoms with E-state index in [1.165, 1.54) is 25.0 Å². The molecule has 0 saturated carbocycles. The molecule has 4 rings (SSSR count). The standard InChI is InChI=1S/C20H20FN3O/c21-16-10-8-15(9-11-16)19-18(22-17-7-3-6-14-24(17)19)20(25)23-12-4-1-2-5-13-23/h3,6-11,14H,1-2,4-5,12-13H2. The highest BCUT2D eigenvalue weighted by molar-refractivity contribution is 5.99. The van der Waals surface area contributed by atoms with E-state index >= 15 is 0 Å². The topological polar surface area (TPSA) is 37.6 Å². The second-order valence-electron chi connectivity index (χ2n) is 6.45. The highest BCUT2D eigenvalue weighted by Crippen LogP contribution is 2.27. The second-order valence-corrected chi connectivity index (χ2v) is 6.45. The molecule has 128 valence electrons. The van der Waals surface area contributed by atoms with E-state index in [2.05, 4.69) is 4.98 Å². The number of benzene rings is 1. The number of hydrogen-bond donors (Lipinski definition) is 0. The molecule has 4 nitrogen and oxygen atoms in total. The zero-order chi connectivity index (χ0) is 17.2. The van der Waals surface area contributed by atoms with Crippen molar-refractivity contribution in [2.24, 2.45) is 0 Å². The molecule has 1 aliphatic heterocycles.